The second-order valence-corrected chi connectivity index (χ2v) is 9.65. The Hall–Kier alpha value is -1.75. The van der Waals surface area contributed by atoms with E-state index in [0.717, 1.165) is 36.9 Å². The molecule has 1 aliphatic heterocycles. The second kappa shape index (κ2) is 9.81. The van der Waals surface area contributed by atoms with Crippen LogP contribution in [0.15, 0.2) is 47.6 Å². The van der Waals surface area contributed by atoms with Crippen molar-refractivity contribution in [3.05, 3.63) is 63.1 Å². The summed E-state index contributed by atoms with van der Waals surface area (Å²) in [5.41, 5.74) is 2.26. The van der Waals surface area contributed by atoms with Crippen LogP contribution in [0.25, 0.3) is 0 Å². The molecule has 2 aromatic carbocycles. The van der Waals surface area contributed by atoms with E-state index < -0.39 is 0 Å². The monoisotopic (exact) mass is 477 g/mol. The molecule has 1 aliphatic carbocycles. The van der Waals surface area contributed by atoms with E-state index in [2.05, 4.69) is 5.32 Å². The Labute approximate surface area is 198 Å². The molecule has 31 heavy (non-hydrogen) atoms. The average molecular weight is 479 g/mol. The molecule has 1 N–H and O–H groups in total. The summed E-state index contributed by atoms with van der Waals surface area (Å²) < 4.78 is 0. The summed E-state index contributed by atoms with van der Waals surface area (Å²) >= 11 is 18.7. The molecule has 0 radical (unpaired) electrons. The van der Waals surface area contributed by atoms with Gasteiger partial charge >= 0.3 is 0 Å². The SMILES string of the molecule is C[C@@H]1C(C(=O)NC2CCCCCC2)=NN(c2ccc(Cl)cc2Cl)[C@@H]1c1ccc(Cl)cc1. The van der Waals surface area contributed by atoms with Crippen molar-refractivity contribution >= 4 is 52.1 Å². The number of anilines is 1. The Bertz CT molecular complexity index is 969. The van der Waals surface area contributed by atoms with E-state index in [-0.39, 0.29) is 23.9 Å². The first-order valence-electron chi connectivity index (χ1n) is 10.8. The fourth-order valence-corrected chi connectivity index (χ4v) is 5.15. The molecular weight excluding hydrogens is 453 g/mol. The van der Waals surface area contributed by atoms with Gasteiger partial charge in [-0.05, 0) is 48.7 Å². The van der Waals surface area contributed by atoms with E-state index in [4.69, 9.17) is 39.9 Å². The number of halogens is 3. The molecule has 0 spiro atoms. The van der Waals surface area contributed by atoms with Gasteiger partial charge in [-0.25, -0.2) is 0 Å². The minimum absolute atomic E-state index is 0.0917. The fourth-order valence-electron chi connectivity index (χ4n) is 4.53. The molecule has 1 amide bonds. The van der Waals surface area contributed by atoms with Crippen molar-refractivity contribution < 1.29 is 4.79 Å². The molecule has 1 saturated carbocycles. The Morgan fingerprint density at radius 1 is 0.968 bits per heavy atom. The average Bonchev–Trinajstić information content (AvgIpc) is 2.89. The van der Waals surface area contributed by atoms with Crippen molar-refractivity contribution in [1.82, 2.24) is 5.32 Å². The number of benzene rings is 2. The quantitative estimate of drug-likeness (QED) is 0.479. The third-order valence-corrected chi connectivity index (χ3v) is 6.96. The highest BCUT2D eigenvalue weighted by Crippen LogP contribution is 2.42. The van der Waals surface area contributed by atoms with Crippen molar-refractivity contribution in [1.29, 1.82) is 0 Å². The fraction of sp³-hybridized carbons (Fsp3) is 0.417. The number of hydrogen-bond donors (Lipinski definition) is 1. The van der Waals surface area contributed by atoms with Crippen LogP contribution in [0.1, 0.15) is 57.1 Å². The summed E-state index contributed by atoms with van der Waals surface area (Å²) in [6, 6.07) is 13.0. The summed E-state index contributed by atoms with van der Waals surface area (Å²) in [7, 11) is 0. The van der Waals surface area contributed by atoms with Crippen molar-refractivity contribution in [3.8, 4) is 0 Å². The third-order valence-electron chi connectivity index (χ3n) is 6.17. The number of carbonyl (C=O) groups excluding carboxylic acids is 1. The van der Waals surface area contributed by atoms with Gasteiger partial charge < -0.3 is 5.32 Å². The lowest BCUT2D eigenvalue weighted by Gasteiger charge is -2.27. The van der Waals surface area contributed by atoms with E-state index in [1.165, 1.54) is 12.8 Å². The van der Waals surface area contributed by atoms with Gasteiger partial charge in [-0.1, -0.05) is 79.5 Å². The van der Waals surface area contributed by atoms with Gasteiger partial charge in [0.25, 0.3) is 5.91 Å². The van der Waals surface area contributed by atoms with Gasteiger partial charge in [-0.2, -0.15) is 5.10 Å². The zero-order chi connectivity index (χ0) is 22.0. The molecule has 0 aromatic heterocycles. The van der Waals surface area contributed by atoms with Gasteiger partial charge in [0, 0.05) is 22.0 Å². The van der Waals surface area contributed by atoms with Crippen LogP contribution in [0.5, 0.6) is 0 Å². The number of rotatable bonds is 4. The lowest BCUT2D eigenvalue weighted by molar-refractivity contribution is -0.115. The predicted molar refractivity (Wildman–Crippen MR) is 129 cm³/mol. The van der Waals surface area contributed by atoms with Crippen LogP contribution >= 0.6 is 34.8 Å². The minimum Gasteiger partial charge on any atom is -0.348 e. The van der Waals surface area contributed by atoms with Crippen LogP contribution in [0.4, 0.5) is 5.69 Å². The molecule has 4 nitrogen and oxygen atoms in total. The van der Waals surface area contributed by atoms with Gasteiger partial charge in [0.15, 0.2) is 0 Å². The number of hydrazone groups is 1. The first kappa shape index (κ1) is 22.4. The molecule has 2 aliphatic rings. The van der Waals surface area contributed by atoms with Gasteiger partial charge in [-0.3, -0.25) is 9.80 Å². The maximum atomic E-state index is 13.2. The first-order chi connectivity index (χ1) is 14.9. The molecule has 0 bridgehead atoms. The van der Waals surface area contributed by atoms with E-state index in [1.54, 1.807) is 12.1 Å². The number of carbonyl (C=O) groups is 1. The summed E-state index contributed by atoms with van der Waals surface area (Å²) in [5, 5.41) is 11.6. The summed E-state index contributed by atoms with van der Waals surface area (Å²) in [6.07, 6.45) is 6.86. The zero-order valence-corrected chi connectivity index (χ0v) is 19.7. The van der Waals surface area contributed by atoms with Crippen LogP contribution in [0.3, 0.4) is 0 Å². The zero-order valence-electron chi connectivity index (χ0n) is 17.5. The minimum atomic E-state index is -0.175. The number of amides is 1. The lowest BCUT2D eigenvalue weighted by Crippen LogP contribution is -2.40. The normalized spacial score (nSPS) is 22.2. The lowest BCUT2D eigenvalue weighted by atomic mass is 9.90. The summed E-state index contributed by atoms with van der Waals surface area (Å²) in [4.78, 5) is 13.2. The van der Waals surface area contributed by atoms with Gasteiger partial charge in [-0.15, -0.1) is 0 Å². The first-order valence-corrected chi connectivity index (χ1v) is 12.0. The molecule has 164 valence electrons. The third kappa shape index (κ3) is 5.02. The molecule has 2 atom stereocenters. The molecule has 0 saturated heterocycles. The number of nitrogens with zero attached hydrogens (tertiary/aromatic N) is 2. The molecule has 2 aromatic rings. The van der Waals surface area contributed by atoms with E-state index in [1.807, 2.05) is 42.3 Å². The van der Waals surface area contributed by atoms with Crippen molar-refractivity contribution in [3.63, 3.8) is 0 Å². The van der Waals surface area contributed by atoms with Crippen LogP contribution in [-0.4, -0.2) is 17.7 Å². The van der Waals surface area contributed by atoms with Gasteiger partial charge in [0.05, 0.1) is 16.8 Å². The van der Waals surface area contributed by atoms with Crippen LogP contribution in [0, 0.1) is 5.92 Å². The van der Waals surface area contributed by atoms with Gasteiger partial charge in [0.1, 0.15) is 5.71 Å². The van der Waals surface area contributed by atoms with Crippen molar-refractivity contribution in [2.45, 2.75) is 57.5 Å². The Morgan fingerprint density at radius 3 is 2.26 bits per heavy atom. The molecule has 7 heteroatoms. The highest BCUT2D eigenvalue weighted by atomic mass is 35.5. The number of hydrogen-bond acceptors (Lipinski definition) is 3. The van der Waals surface area contributed by atoms with E-state index in [0.29, 0.717) is 20.8 Å². The Balaban J connectivity index is 1.66. The van der Waals surface area contributed by atoms with Crippen molar-refractivity contribution in [2.24, 2.45) is 11.0 Å². The molecule has 1 heterocycles. The molecule has 1 fully saturated rings. The molecule has 4 rings (SSSR count). The number of nitrogens with one attached hydrogen (secondary N) is 1. The standard InChI is InChI=1S/C24H26Cl3N3O/c1-15-22(24(31)28-19-6-4-2-3-5-7-19)29-30(21-13-12-18(26)14-20(21)27)23(15)16-8-10-17(25)11-9-16/h8-15,19,23H,2-7H2,1H3,(H,28,31)/t15-,23+/m1/s1. The maximum absolute atomic E-state index is 13.2. The highest BCUT2D eigenvalue weighted by Gasteiger charge is 2.40. The van der Waals surface area contributed by atoms with Crippen LogP contribution in [-0.2, 0) is 4.79 Å². The summed E-state index contributed by atoms with van der Waals surface area (Å²) in [5.74, 6) is -0.218. The van der Waals surface area contributed by atoms with Gasteiger partial charge in [0.2, 0.25) is 0 Å². The molecular formula is C24H26Cl3N3O. The van der Waals surface area contributed by atoms with Crippen molar-refractivity contribution in [2.75, 3.05) is 5.01 Å². The maximum Gasteiger partial charge on any atom is 0.268 e. The second-order valence-electron chi connectivity index (χ2n) is 8.37. The Morgan fingerprint density at radius 2 is 1.61 bits per heavy atom. The summed E-state index contributed by atoms with van der Waals surface area (Å²) in [6.45, 7) is 2.04. The van der Waals surface area contributed by atoms with Crippen LogP contribution < -0.4 is 10.3 Å². The smallest absolute Gasteiger partial charge is 0.268 e. The molecule has 0 unspecified atom stereocenters. The predicted octanol–water partition coefficient (Wildman–Crippen LogP) is 7.04. The van der Waals surface area contributed by atoms with E-state index in [9.17, 15) is 4.79 Å². The topological polar surface area (TPSA) is 44.7 Å². The largest absolute Gasteiger partial charge is 0.348 e. The van der Waals surface area contributed by atoms with E-state index >= 15 is 0 Å². The Kier molecular flexibility index (Phi) is 7.10. The van der Waals surface area contributed by atoms with Crippen LogP contribution in [0.2, 0.25) is 15.1 Å². The highest BCUT2D eigenvalue weighted by molar-refractivity contribution is 6.41.